The number of rotatable bonds is 7. The lowest BCUT2D eigenvalue weighted by atomic mass is 9.92. The van der Waals surface area contributed by atoms with E-state index < -0.39 is 21.7 Å². The molecule has 3 atom stereocenters. The van der Waals surface area contributed by atoms with Crippen molar-refractivity contribution in [2.75, 3.05) is 24.4 Å². The van der Waals surface area contributed by atoms with Crippen LogP contribution in [0.25, 0.3) is 0 Å². The van der Waals surface area contributed by atoms with Crippen molar-refractivity contribution in [3.8, 4) is 0 Å². The number of likely N-dealkylation sites (tertiary alicyclic amines) is 1. The smallest absolute Gasteiger partial charge is 0.261 e. The van der Waals surface area contributed by atoms with Crippen LogP contribution in [-0.4, -0.2) is 44.9 Å². The van der Waals surface area contributed by atoms with Crippen molar-refractivity contribution in [1.29, 1.82) is 0 Å². The summed E-state index contributed by atoms with van der Waals surface area (Å²) in [6.45, 7) is 9.09. The minimum absolute atomic E-state index is 0.0841. The van der Waals surface area contributed by atoms with Crippen LogP contribution in [0, 0.1) is 17.7 Å². The van der Waals surface area contributed by atoms with Crippen LogP contribution in [0.3, 0.4) is 0 Å². The van der Waals surface area contributed by atoms with Crippen molar-refractivity contribution in [2.45, 2.75) is 38.1 Å². The molecule has 1 aliphatic rings. The third-order valence-electron chi connectivity index (χ3n) is 5.44. The second-order valence-corrected chi connectivity index (χ2v) is 10.9. The second kappa shape index (κ2) is 10.2. The van der Waals surface area contributed by atoms with Crippen LogP contribution in [0.5, 0.6) is 0 Å². The van der Waals surface area contributed by atoms with Gasteiger partial charge in [0, 0.05) is 31.4 Å². The van der Waals surface area contributed by atoms with Crippen LogP contribution in [0.2, 0.25) is 5.02 Å². The topological polar surface area (TPSA) is 78.5 Å². The number of anilines is 1. The van der Waals surface area contributed by atoms with Gasteiger partial charge in [-0.3, -0.25) is 9.52 Å². The highest BCUT2D eigenvalue weighted by Crippen LogP contribution is 2.24. The van der Waals surface area contributed by atoms with E-state index in [0.717, 1.165) is 25.2 Å². The van der Waals surface area contributed by atoms with Gasteiger partial charge in [0.1, 0.15) is 5.82 Å². The van der Waals surface area contributed by atoms with E-state index in [9.17, 15) is 17.6 Å². The summed E-state index contributed by atoms with van der Waals surface area (Å²) in [6, 6.07) is 8.78. The minimum Gasteiger partial charge on any atom is -0.348 e. The number of sulfonamides is 1. The Morgan fingerprint density at radius 3 is 2.41 bits per heavy atom. The molecule has 0 bridgehead atoms. The lowest BCUT2D eigenvalue weighted by Gasteiger charge is -2.36. The van der Waals surface area contributed by atoms with Gasteiger partial charge in [-0.2, -0.15) is 0 Å². The summed E-state index contributed by atoms with van der Waals surface area (Å²) < 4.78 is 40.9. The van der Waals surface area contributed by atoms with Gasteiger partial charge in [0.15, 0.2) is 0 Å². The number of nitrogens with one attached hydrogen (secondary N) is 2. The van der Waals surface area contributed by atoms with Crippen molar-refractivity contribution in [2.24, 2.45) is 11.8 Å². The number of carbonyl (C=O) groups excluding carboxylic acids is 1. The van der Waals surface area contributed by atoms with Crippen LogP contribution < -0.4 is 10.0 Å². The van der Waals surface area contributed by atoms with Crippen molar-refractivity contribution >= 4 is 33.2 Å². The standard InChI is InChI=1S/C23H29ClFN3O3S/c1-15-10-16(2)13-28(12-15)14-17(3)26-23(29)21-11-20(8-9-22(21)24)32(30,31)27-19-6-4-18(25)5-7-19/h4-9,11,15-17,27H,10,12-14H2,1-3H3,(H,26,29). The van der Waals surface area contributed by atoms with Gasteiger partial charge < -0.3 is 10.2 Å². The zero-order valence-corrected chi connectivity index (χ0v) is 20.0. The predicted molar refractivity (Wildman–Crippen MR) is 125 cm³/mol. The van der Waals surface area contributed by atoms with Crippen LogP contribution >= 0.6 is 11.6 Å². The zero-order valence-electron chi connectivity index (χ0n) is 18.4. The van der Waals surface area contributed by atoms with E-state index in [2.05, 4.69) is 28.8 Å². The summed E-state index contributed by atoms with van der Waals surface area (Å²) in [6.07, 6.45) is 1.21. The van der Waals surface area contributed by atoms with Crippen LogP contribution in [-0.2, 0) is 10.0 Å². The molecule has 174 valence electrons. The Balaban J connectivity index is 1.70. The Bertz CT molecular complexity index is 1050. The number of carbonyl (C=O) groups is 1. The molecule has 6 nitrogen and oxygen atoms in total. The van der Waals surface area contributed by atoms with Gasteiger partial charge in [-0.1, -0.05) is 25.4 Å². The number of nitrogens with zero attached hydrogens (tertiary/aromatic N) is 1. The van der Waals surface area contributed by atoms with E-state index in [1.807, 2.05) is 6.92 Å². The summed E-state index contributed by atoms with van der Waals surface area (Å²) in [5.74, 6) is 0.332. The van der Waals surface area contributed by atoms with Crippen molar-refractivity contribution in [3.63, 3.8) is 0 Å². The molecule has 3 unspecified atom stereocenters. The third-order valence-corrected chi connectivity index (χ3v) is 7.15. The Labute approximate surface area is 194 Å². The molecular formula is C23H29ClFN3O3S. The molecule has 2 N–H and O–H groups in total. The number of hydrogen-bond acceptors (Lipinski definition) is 4. The van der Waals surface area contributed by atoms with E-state index in [-0.39, 0.29) is 27.2 Å². The second-order valence-electron chi connectivity index (χ2n) is 8.79. The summed E-state index contributed by atoms with van der Waals surface area (Å²) in [5.41, 5.74) is 0.298. The molecule has 0 radical (unpaired) electrons. The lowest BCUT2D eigenvalue weighted by Crippen LogP contribution is -2.47. The number of hydrogen-bond donors (Lipinski definition) is 2. The highest BCUT2D eigenvalue weighted by atomic mass is 35.5. The maximum absolute atomic E-state index is 13.1. The molecule has 3 rings (SSSR count). The molecule has 32 heavy (non-hydrogen) atoms. The first-order valence-corrected chi connectivity index (χ1v) is 12.5. The minimum atomic E-state index is -3.98. The molecule has 0 aromatic heterocycles. The van der Waals surface area contributed by atoms with Crippen LogP contribution in [0.4, 0.5) is 10.1 Å². The Morgan fingerprint density at radius 2 is 1.78 bits per heavy atom. The fourth-order valence-corrected chi connectivity index (χ4v) is 5.54. The first-order valence-electron chi connectivity index (χ1n) is 10.6. The third kappa shape index (κ3) is 6.43. The van der Waals surface area contributed by atoms with Crippen LogP contribution in [0.1, 0.15) is 37.6 Å². The molecule has 0 saturated carbocycles. The molecule has 2 aromatic rings. The van der Waals surface area contributed by atoms with Gasteiger partial charge in [0.2, 0.25) is 0 Å². The molecule has 1 heterocycles. The molecule has 0 aliphatic carbocycles. The van der Waals surface area contributed by atoms with Gasteiger partial charge >= 0.3 is 0 Å². The molecule has 1 amide bonds. The predicted octanol–water partition coefficient (Wildman–Crippen LogP) is 4.38. The highest BCUT2D eigenvalue weighted by molar-refractivity contribution is 7.92. The summed E-state index contributed by atoms with van der Waals surface area (Å²) >= 11 is 6.20. The molecule has 1 saturated heterocycles. The average Bonchev–Trinajstić information content (AvgIpc) is 2.68. The maximum atomic E-state index is 13.1. The first kappa shape index (κ1) is 24.5. The van der Waals surface area contributed by atoms with Crippen molar-refractivity contribution in [3.05, 3.63) is 58.9 Å². The van der Waals surface area contributed by atoms with Crippen molar-refractivity contribution in [1.82, 2.24) is 10.2 Å². The van der Waals surface area contributed by atoms with Crippen molar-refractivity contribution < 1.29 is 17.6 Å². The van der Waals surface area contributed by atoms with Gasteiger partial charge in [0.05, 0.1) is 15.5 Å². The molecular weight excluding hydrogens is 453 g/mol. The molecule has 9 heteroatoms. The van der Waals surface area contributed by atoms with Gasteiger partial charge in [-0.05, 0) is 67.6 Å². The monoisotopic (exact) mass is 481 g/mol. The SMILES string of the molecule is CC1CC(C)CN(CC(C)NC(=O)c2cc(S(=O)(=O)Nc3ccc(F)cc3)ccc2Cl)C1. The maximum Gasteiger partial charge on any atom is 0.261 e. The van der Waals surface area contributed by atoms with E-state index >= 15 is 0 Å². The number of halogens is 2. The summed E-state index contributed by atoms with van der Waals surface area (Å²) in [7, 11) is -3.98. The first-order chi connectivity index (χ1) is 15.0. The average molecular weight is 482 g/mol. The number of piperidine rings is 1. The number of benzene rings is 2. The van der Waals surface area contributed by atoms with E-state index in [1.165, 1.54) is 36.8 Å². The summed E-state index contributed by atoms with van der Waals surface area (Å²) in [5, 5.41) is 3.09. The highest BCUT2D eigenvalue weighted by Gasteiger charge is 2.24. The quantitative estimate of drug-likeness (QED) is 0.615. The Kier molecular flexibility index (Phi) is 7.79. The molecule has 1 aliphatic heterocycles. The van der Waals surface area contributed by atoms with E-state index in [0.29, 0.717) is 18.4 Å². The number of amides is 1. The largest absolute Gasteiger partial charge is 0.348 e. The van der Waals surface area contributed by atoms with Gasteiger partial charge in [0.25, 0.3) is 15.9 Å². The Hall–Kier alpha value is -2.16. The molecule has 0 spiro atoms. The summed E-state index contributed by atoms with van der Waals surface area (Å²) in [4.78, 5) is 15.1. The zero-order chi connectivity index (χ0) is 23.5. The van der Waals surface area contributed by atoms with Crippen LogP contribution in [0.15, 0.2) is 47.4 Å². The normalized spacial score (nSPS) is 20.5. The van der Waals surface area contributed by atoms with Gasteiger partial charge in [-0.25, -0.2) is 12.8 Å². The van der Waals surface area contributed by atoms with E-state index in [4.69, 9.17) is 11.6 Å². The molecule has 2 aromatic carbocycles. The van der Waals surface area contributed by atoms with E-state index in [1.54, 1.807) is 0 Å². The molecule has 1 fully saturated rings. The van der Waals surface area contributed by atoms with Gasteiger partial charge in [-0.15, -0.1) is 0 Å². The Morgan fingerprint density at radius 1 is 1.16 bits per heavy atom. The lowest BCUT2D eigenvalue weighted by molar-refractivity contribution is 0.0905. The fraction of sp³-hybridized carbons (Fsp3) is 0.435. The fourth-order valence-electron chi connectivity index (χ4n) is 4.25.